The Bertz CT molecular complexity index is 450. The molecule has 1 aromatic carbocycles. The highest BCUT2D eigenvalue weighted by atomic mass is 35.5. The van der Waals surface area contributed by atoms with E-state index in [0.717, 1.165) is 25.3 Å². The SMILES string of the molecule is O[C@@H]1CCCC[C@H]1Nc1ccc(Cl)c(C(F)(F)F)c1. The van der Waals surface area contributed by atoms with Crippen molar-refractivity contribution in [2.45, 2.75) is 44.0 Å². The van der Waals surface area contributed by atoms with Crippen LogP contribution in [0, 0.1) is 0 Å². The Labute approximate surface area is 114 Å². The molecule has 2 N–H and O–H groups in total. The van der Waals surface area contributed by atoms with Gasteiger partial charge in [0, 0.05) is 5.69 Å². The van der Waals surface area contributed by atoms with E-state index in [-0.39, 0.29) is 11.1 Å². The molecule has 106 valence electrons. The second-order valence-corrected chi connectivity index (χ2v) is 5.20. The number of alkyl halides is 3. The van der Waals surface area contributed by atoms with Crippen LogP contribution in [0.25, 0.3) is 0 Å². The second-order valence-electron chi connectivity index (χ2n) is 4.80. The maximum Gasteiger partial charge on any atom is 0.417 e. The molecule has 1 aliphatic carbocycles. The number of anilines is 1. The lowest BCUT2D eigenvalue weighted by atomic mass is 9.92. The normalized spacial score (nSPS) is 24.3. The van der Waals surface area contributed by atoms with Gasteiger partial charge in [-0.1, -0.05) is 24.4 Å². The fourth-order valence-corrected chi connectivity index (χ4v) is 2.55. The van der Waals surface area contributed by atoms with Gasteiger partial charge in [0.2, 0.25) is 0 Å². The van der Waals surface area contributed by atoms with Crippen LogP contribution in [0.4, 0.5) is 18.9 Å². The van der Waals surface area contributed by atoms with E-state index in [2.05, 4.69) is 5.32 Å². The topological polar surface area (TPSA) is 32.3 Å². The minimum Gasteiger partial charge on any atom is -0.391 e. The quantitative estimate of drug-likeness (QED) is 0.861. The van der Waals surface area contributed by atoms with Crippen molar-refractivity contribution >= 4 is 17.3 Å². The molecule has 0 aromatic heterocycles. The largest absolute Gasteiger partial charge is 0.417 e. The monoisotopic (exact) mass is 293 g/mol. The van der Waals surface area contributed by atoms with E-state index in [1.165, 1.54) is 12.1 Å². The third-order valence-corrected chi connectivity index (χ3v) is 3.68. The number of hydrogen-bond acceptors (Lipinski definition) is 2. The van der Waals surface area contributed by atoms with Crippen LogP contribution in [0.1, 0.15) is 31.2 Å². The van der Waals surface area contributed by atoms with Gasteiger partial charge in [0.25, 0.3) is 0 Å². The van der Waals surface area contributed by atoms with E-state index in [0.29, 0.717) is 12.1 Å². The van der Waals surface area contributed by atoms with Crippen LogP contribution in [0.15, 0.2) is 18.2 Å². The molecule has 1 aliphatic rings. The van der Waals surface area contributed by atoms with Crippen LogP contribution in [-0.4, -0.2) is 17.3 Å². The van der Waals surface area contributed by atoms with Crippen LogP contribution < -0.4 is 5.32 Å². The van der Waals surface area contributed by atoms with Gasteiger partial charge >= 0.3 is 6.18 Å². The molecule has 0 bridgehead atoms. The number of aliphatic hydroxyl groups excluding tert-OH is 1. The Hall–Kier alpha value is -0.940. The minimum absolute atomic E-state index is 0.198. The molecule has 0 radical (unpaired) electrons. The molecule has 1 fully saturated rings. The second kappa shape index (κ2) is 5.59. The lowest BCUT2D eigenvalue weighted by Gasteiger charge is -2.29. The third-order valence-electron chi connectivity index (χ3n) is 3.35. The van der Waals surface area contributed by atoms with E-state index in [9.17, 15) is 18.3 Å². The first-order chi connectivity index (χ1) is 8.88. The van der Waals surface area contributed by atoms with Crippen molar-refractivity contribution in [3.63, 3.8) is 0 Å². The van der Waals surface area contributed by atoms with Gasteiger partial charge in [0.15, 0.2) is 0 Å². The van der Waals surface area contributed by atoms with Crippen molar-refractivity contribution < 1.29 is 18.3 Å². The van der Waals surface area contributed by atoms with E-state index in [1.807, 2.05) is 0 Å². The van der Waals surface area contributed by atoms with Gasteiger partial charge in [-0.3, -0.25) is 0 Å². The number of hydrogen-bond donors (Lipinski definition) is 2. The number of halogens is 4. The molecule has 0 heterocycles. The molecule has 0 unspecified atom stereocenters. The summed E-state index contributed by atoms with van der Waals surface area (Å²) in [5.41, 5.74) is -0.521. The fraction of sp³-hybridized carbons (Fsp3) is 0.538. The van der Waals surface area contributed by atoms with Gasteiger partial charge in [-0.15, -0.1) is 0 Å². The van der Waals surface area contributed by atoms with E-state index >= 15 is 0 Å². The zero-order valence-corrected chi connectivity index (χ0v) is 10.9. The Morgan fingerprint density at radius 2 is 1.89 bits per heavy atom. The van der Waals surface area contributed by atoms with Gasteiger partial charge in [-0.25, -0.2) is 0 Å². The summed E-state index contributed by atoms with van der Waals surface area (Å²) in [4.78, 5) is 0. The average molecular weight is 294 g/mol. The van der Waals surface area contributed by atoms with Crippen molar-refractivity contribution in [2.24, 2.45) is 0 Å². The minimum atomic E-state index is -4.47. The number of rotatable bonds is 2. The molecule has 2 nitrogen and oxygen atoms in total. The summed E-state index contributed by atoms with van der Waals surface area (Å²) in [7, 11) is 0. The highest BCUT2D eigenvalue weighted by Gasteiger charge is 2.33. The maximum absolute atomic E-state index is 12.7. The van der Waals surface area contributed by atoms with Gasteiger partial charge < -0.3 is 10.4 Å². The maximum atomic E-state index is 12.7. The van der Waals surface area contributed by atoms with Gasteiger partial charge in [0.05, 0.1) is 22.7 Å². The number of benzene rings is 1. The smallest absolute Gasteiger partial charge is 0.391 e. The van der Waals surface area contributed by atoms with E-state index < -0.39 is 17.8 Å². The molecule has 19 heavy (non-hydrogen) atoms. The first-order valence-corrected chi connectivity index (χ1v) is 6.57. The number of nitrogens with one attached hydrogen (secondary N) is 1. The zero-order valence-electron chi connectivity index (χ0n) is 10.2. The Morgan fingerprint density at radius 3 is 2.53 bits per heavy atom. The Kier molecular flexibility index (Phi) is 4.26. The molecular weight excluding hydrogens is 279 g/mol. The summed E-state index contributed by atoms with van der Waals surface area (Å²) in [5.74, 6) is 0. The standard InChI is InChI=1S/C13H15ClF3NO/c14-10-6-5-8(7-9(10)13(15,16)17)18-11-3-1-2-4-12(11)19/h5-7,11-12,18-19H,1-4H2/t11-,12-/m1/s1. The highest BCUT2D eigenvalue weighted by Crippen LogP contribution is 2.36. The van der Waals surface area contributed by atoms with Crippen LogP contribution >= 0.6 is 11.6 Å². The van der Waals surface area contributed by atoms with Crippen LogP contribution in [0.3, 0.4) is 0 Å². The van der Waals surface area contributed by atoms with Crippen molar-refractivity contribution in [1.29, 1.82) is 0 Å². The molecule has 0 saturated heterocycles. The van der Waals surface area contributed by atoms with Crippen LogP contribution in [-0.2, 0) is 6.18 Å². The van der Waals surface area contributed by atoms with E-state index in [4.69, 9.17) is 11.6 Å². The van der Waals surface area contributed by atoms with Crippen molar-refractivity contribution in [1.82, 2.24) is 0 Å². The van der Waals surface area contributed by atoms with Crippen molar-refractivity contribution in [3.8, 4) is 0 Å². The Morgan fingerprint density at radius 1 is 1.21 bits per heavy atom. The molecule has 1 aromatic rings. The summed E-state index contributed by atoms with van der Waals surface area (Å²) < 4.78 is 38.2. The summed E-state index contributed by atoms with van der Waals surface area (Å²) in [6.07, 6.45) is -1.64. The summed E-state index contributed by atoms with van der Waals surface area (Å²) in [6, 6.07) is 3.51. The lowest BCUT2D eigenvalue weighted by Crippen LogP contribution is -2.36. The van der Waals surface area contributed by atoms with Crippen LogP contribution in [0.2, 0.25) is 5.02 Å². The Balaban J connectivity index is 2.17. The summed E-state index contributed by atoms with van der Waals surface area (Å²) in [6.45, 7) is 0. The first kappa shape index (κ1) is 14.5. The summed E-state index contributed by atoms with van der Waals surface area (Å²) in [5, 5.41) is 12.4. The van der Waals surface area contributed by atoms with Gasteiger partial charge in [0.1, 0.15) is 0 Å². The zero-order chi connectivity index (χ0) is 14.0. The molecular formula is C13H15ClF3NO. The van der Waals surface area contributed by atoms with Crippen LogP contribution in [0.5, 0.6) is 0 Å². The molecule has 0 amide bonds. The average Bonchev–Trinajstić information content (AvgIpc) is 2.33. The predicted molar refractivity (Wildman–Crippen MR) is 68.3 cm³/mol. The first-order valence-electron chi connectivity index (χ1n) is 6.19. The molecule has 2 rings (SSSR count). The lowest BCUT2D eigenvalue weighted by molar-refractivity contribution is -0.137. The third kappa shape index (κ3) is 3.54. The van der Waals surface area contributed by atoms with E-state index in [1.54, 1.807) is 0 Å². The molecule has 0 aliphatic heterocycles. The fourth-order valence-electron chi connectivity index (χ4n) is 2.33. The van der Waals surface area contributed by atoms with Crippen molar-refractivity contribution in [2.75, 3.05) is 5.32 Å². The summed E-state index contributed by atoms with van der Waals surface area (Å²) >= 11 is 5.56. The molecule has 1 saturated carbocycles. The molecule has 0 spiro atoms. The molecule has 6 heteroatoms. The van der Waals surface area contributed by atoms with Crippen molar-refractivity contribution in [3.05, 3.63) is 28.8 Å². The van der Waals surface area contributed by atoms with Gasteiger partial charge in [-0.05, 0) is 31.0 Å². The molecule has 2 atom stereocenters. The number of aliphatic hydroxyl groups is 1. The predicted octanol–water partition coefficient (Wildman–Crippen LogP) is 4.07. The van der Waals surface area contributed by atoms with Gasteiger partial charge in [-0.2, -0.15) is 13.2 Å². The highest BCUT2D eigenvalue weighted by molar-refractivity contribution is 6.31.